The zero-order valence-corrected chi connectivity index (χ0v) is 10.8. The van der Waals surface area contributed by atoms with E-state index in [9.17, 15) is 5.26 Å². The molecule has 0 atom stereocenters. The minimum atomic E-state index is 0.683. The predicted octanol–water partition coefficient (Wildman–Crippen LogP) is 2.40. The molecule has 1 aliphatic rings. The molecule has 0 spiro atoms. The molecule has 0 aliphatic carbocycles. The lowest BCUT2D eigenvalue weighted by Crippen LogP contribution is -2.24. The molecular weight excluding hydrogens is 236 g/mol. The van der Waals surface area contributed by atoms with E-state index in [1.807, 2.05) is 6.07 Å². The van der Waals surface area contributed by atoms with Gasteiger partial charge in [0.1, 0.15) is 6.33 Å². The number of anilines is 1. The molecule has 3 rings (SSSR count). The number of fused-ring (bicyclic) bond motifs is 1. The molecule has 2 heterocycles. The van der Waals surface area contributed by atoms with Crippen LogP contribution in [0.3, 0.4) is 0 Å². The highest BCUT2D eigenvalue weighted by molar-refractivity contribution is 5.75. The van der Waals surface area contributed by atoms with Crippen LogP contribution < -0.4 is 4.90 Å². The number of hydrogen-bond acceptors (Lipinski definition) is 4. The fourth-order valence-electron chi connectivity index (χ4n) is 2.59. The van der Waals surface area contributed by atoms with E-state index in [1.165, 1.54) is 17.6 Å². The van der Waals surface area contributed by atoms with E-state index in [1.54, 1.807) is 12.4 Å². The van der Waals surface area contributed by atoms with Gasteiger partial charge in [-0.15, -0.1) is 0 Å². The van der Waals surface area contributed by atoms with Crippen molar-refractivity contribution in [3.8, 4) is 17.2 Å². The molecule has 1 aromatic carbocycles. The van der Waals surface area contributed by atoms with Crippen LogP contribution in [0.5, 0.6) is 0 Å². The van der Waals surface area contributed by atoms with Gasteiger partial charge in [0.2, 0.25) is 0 Å². The van der Waals surface area contributed by atoms with Crippen LogP contribution in [0.4, 0.5) is 5.69 Å². The Bertz CT molecular complexity index is 643. The molecule has 2 aromatic rings. The fourth-order valence-corrected chi connectivity index (χ4v) is 2.59. The molecule has 0 fully saturated rings. The van der Waals surface area contributed by atoms with Crippen LogP contribution in [0.1, 0.15) is 17.5 Å². The van der Waals surface area contributed by atoms with Crippen LogP contribution >= 0.6 is 0 Å². The first-order valence-corrected chi connectivity index (χ1v) is 6.33. The smallest absolute Gasteiger partial charge is 0.115 e. The largest absolute Gasteiger partial charge is 0.374 e. The first-order valence-electron chi connectivity index (χ1n) is 6.33. The zero-order valence-electron chi connectivity index (χ0n) is 10.8. The minimum absolute atomic E-state index is 0.683. The van der Waals surface area contributed by atoms with Crippen LogP contribution in [0.15, 0.2) is 30.9 Å². The molecule has 0 saturated carbocycles. The summed E-state index contributed by atoms with van der Waals surface area (Å²) >= 11 is 0. The van der Waals surface area contributed by atoms with Crippen molar-refractivity contribution in [3.63, 3.8) is 0 Å². The van der Waals surface area contributed by atoms with Gasteiger partial charge < -0.3 is 4.90 Å². The highest BCUT2D eigenvalue weighted by Gasteiger charge is 2.17. The van der Waals surface area contributed by atoms with E-state index in [0.29, 0.717) is 5.56 Å². The summed E-state index contributed by atoms with van der Waals surface area (Å²) in [6.07, 6.45) is 7.22. The van der Waals surface area contributed by atoms with Crippen molar-refractivity contribution >= 4 is 5.69 Å². The Kier molecular flexibility index (Phi) is 2.88. The van der Waals surface area contributed by atoms with Crippen LogP contribution in [0.25, 0.3) is 11.1 Å². The Hall–Kier alpha value is -2.41. The van der Waals surface area contributed by atoms with E-state index >= 15 is 0 Å². The molecule has 94 valence electrons. The van der Waals surface area contributed by atoms with Gasteiger partial charge in [-0.3, -0.25) is 0 Å². The summed E-state index contributed by atoms with van der Waals surface area (Å²) in [5.41, 5.74) is 4.98. The Morgan fingerprint density at radius 3 is 2.79 bits per heavy atom. The maximum atomic E-state index is 9.36. The molecule has 0 saturated heterocycles. The van der Waals surface area contributed by atoms with Gasteiger partial charge in [-0.25, -0.2) is 9.97 Å². The maximum absolute atomic E-state index is 9.36. The van der Waals surface area contributed by atoms with E-state index in [4.69, 9.17) is 0 Å². The maximum Gasteiger partial charge on any atom is 0.115 e. The molecule has 1 aliphatic heterocycles. The van der Waals surface area contributed by atoms with E-state index in [2.05, 4.69) is 34.1 Å². The van der Waals surface area contributed by atoms with Gasteiger partial charge in [0.05, 0.1) is 11.6 Å². The number of aromatic nitrogens is 2. The van der Waals surface area contributed by atoms with Crippen molar-refractivity contribution in [1.29, 1.82) is 5.26 Å². The molecule has 1 aromatic heterocycles. The normalized spacial score (nSPS) is 13.8. The third kappa shape index (κ3) is 2.04. The molecule has 4 nitrogen and oxygen atoms in total. The number of hydrogen-bond donors (Lipinski definition) is 0. The third-order valence-electron chi connectivity index (χ3n) is 3.56. The second kappa shape index (κ2) is 4.69. The Balaban J connectivity index is 2.18. The highest BCUT2D eigenvalue weighted by atomic mass is 15.1. The predicted molar refractivity (Wildman–Crippen MR) is 73.8 cm³/mol. The number of nitrogens with zero attached hydrogens (tertiary/aromatic N) is 4. The van der Waals surface area contributed by atoms with Crippen LogP contribution in [-0.4, -0.2) is 23.6 Å². The van der Waals surface area contributed by atoms with Gasteiger partial charge in [-0.05, 0) is 30.5 Å². The third-order valence-corrected chi connectivity index (χ3v) is 3.56. The second-order valence-electron chi connectivity index (χ2n) is 4.79. The molecular formula is C15H14N4. The monoisotopic (exact) mass is 250 g/mol. The van der Waals surface area contributed by atoms with Gasteiger partial charge in [0.25, 0.3) is 0 Å². The molecule has 0 amide bonds. The van der Waals surface area contributed by atoms with Crippen LogP contribution in [-0.2, 0) is 6.42 Å². The Labute approximate surface area is 112 Å². The average Bonchev–Trinajstić information content (AvgIpc) is 2.47. The number of aryl methyl sites for hydroxylation is 1. The first kappa shape index (κ1) is 11.7. The molecule has 0 radical (unpaired) electrons. The van der Waals surface area contributed by atoms with E-state index < -0.39 is 0 Å². The zero-order chi connectivity index (χ0) is 13.2. The standard InChI is InChI=1S/C15H14N4/c1-19-4-2-3-11-5-14(12(7-16)6-15(11)19)13-8-17-10-18-9-13/h5-6,8-10H,2-4H2,1H3. The number of rotatable bonds is 1. The van der Waals surface area contributed by atoms with Crippen molar-refractivity contribution in [2.75, 3.05) is 18.5 Å². The van der Waals surface area contributed by atoms with Crippen LogP contribution in [0.2, 0.25) is 0 Å². The quantitative estimate of drug-likeness (QED) is 0.779. The van der Waals surface area contributed by atoms with Gasteiger partial charge in [-0.1, -0.05) is 0 Å². The van der Waals surface area contributed by atoms with Crippen molar-refractivity contribution in [1.82, 2.24) is 9.97 Å². The molecule has 19 heavy (non-hydrogen) atoms. The van der Waals surface area contributed by atoms with Crippen molar-refractivity contribution < 1.29 is 0 Å². The van der Waals surface area contributed by atoms with E-state index in [0.717, 1.165) is 30.5 Å². The average molecular weight is 250 g/mol. The van der Waals surface area contributed by atoms with Crippen molar-refractivity contribution in [2.24, 2.45) is 0 Å². The van der Waals surface area contributed by atoms with Gasteiger partial charge >= 0.3 is 0 Å². The fraction of sp³-hybridized carbons (Fsp3) is 0.267. The summed E-state index contributed by atoms with van der Waals surface area (Å²) in [7, 11) is 2.07. The lowest BCUT2D eigenvalue weighted by Gasteiger charge is -2.28. The summed E-state index contributed by atoms with van der Waals surface area (Å²) < 4.78 is 0. The molecule has 0 N–H and O–H groups in total. The van der Waals surface area contributed by atoms with Crippen molar-refractivity contribution in [2.45, 2.75) is 12.8 Å². The number of benzene rings is 1. The van der Waals surface area contributed by atoms with Crippen molar-refractivity contribution in [3.05, 3.63) is 42.0 Å². The molecule has 0 bridgehead atoms. The SMILES string of the molecule is CN1CCCc2cc(-c3cncnc3)c(C#N)cc21. The number of nitriles is 1. The van der Waals surface area contributed by atoms with Gasteiger partial charge in [0, 0.05) is 42.8 Å². The first-order chi connectivity index (χ1) is 9.29. The lowest BCUT2D eigenvalue weighted by atomic mass is 9.94. The summed E-state index contributed by atoms with van der Waals surface area (Å²) in [5.74, 6) is 0. The Morgan fingerprint density at radius 2 is 2.05 bits per heavy atom. The lowest BCUT2D eigenvalue weighted by molar-refractivity contribution is 0.744. The molecule has 0 unspecified atom stereocenters. The second-order valence-corrected chi connectivity index (χ2v) is 4.79. The Morgan fingerprint density at radius 1 is 1.26 bits per heavy atom. The van der Waals surface area contributed by atoms with E-state index in [-0.39, 0.29) is 0 Å². The summed E-state index contributed by atoms with van der Waals surface area (Å²) in [4.78, 5) is 10.3. The summed E-state index contributed by atoms with van der Waals surface area (Å²) in [6.45, 7) is 1.05. The van der Waals surface area contributed by atoms with Gasteiger partial charge in [-0.2, -0.15) is 5.26 Å². The molecule has 4 heteroatoms. The van der Waals surface area contributed by atoms with Gasteiger partial charge in [0.15, 0.2) is 0 Å². The summed E-state index contributed by atoms with van der Waals surface area (Å²) in [6, 6.07) is 6.38. The summed E-state index contributed by atoms with van der Waals surface area (Å²) in [5, 5.41) is 9.36. The highest BCUT2D eigenvalue weighted by Crippen LogP contribution is 2.33. The minimum Gasteiger partial charge on any atom is -0.374 e. The topological polar surface area (TPSA) is 52.8 Å². The van der Waals surface area contributed by atoms with Crippen LogP contribution in [0, 0.1) is 11.3 Å².